The normalized spacial score (nSPS) is 13.0. The molecule has 2 heterocycles. The Hall–Kier alpha value is -2.85. The van der Waals surface area contributed by atoms with Crippen molar-refractivity contribution in [2.75, 3.05) is 0 Å². The SMILES string of the molecule is CC(C)(C)C(Cc1nc(-c2cccnc2F)c(S(=O)(=O)c2ccccc2)s1)NC(=O)O. The van der Waals surface area contributed by atoms with Gasteiger partial charge in [0.25, 0.3) is 0 Å². The molecule has 0 saturated heterocycles. The van der Waals surface area contributed by atoms with Crippen LogP contribution in [0.25, 0.3) is 11.3 Å². The minimum atomic E-state index is -3.98. The standard InChI is InChI=1S/C21H22FN3O4S2/c1-21(2,3)15(24-20(26)27)12-16-25-17(14-10-7-11-23-18(14)22)19(30-16)31(28,29)13-8-5-4-6-9-13/h4-11,15,24H,12H2,1-3H3,(H,26,27). The molecule has 0 bridgehead atoms. The summed E-state index contributed by atoms with van der Waals surface area (Å²) in [7, 11) is -3.98. The number of thiazole rings is 1. The number of carbonyl (C=O) groups is 1. The maximum Gasteiger partial charge on any atom is 0.404 e. The maximum absolute atomic E-state index is 14.4. The van der Waals surface area contributed by atoms with Crippen molar-refractivity contribution in [3.63, 3.8) is 0 Å². The van der Waals surface area contributed by atoms with Crippen LogP contribution in [-0.4, -0.2) is 35.6 Å². The van der Waals surface area contributed by atoms with Crippen LogP contribution in [0, 0.1) is 11.4 Å². The molecular formula is C21H22FN3O4S2. The molecular weight excluding hydrogens is 441 g/mol. The summed E-state index contributed by atoms with van der Waals surface area (Å²) in [4.78, 5) is 19.3. The van der Waals surface area contributed by atoms with Gasteiger partial charge in [0.2, 0.25) is 15.8 Å². The Labute approximate surface area is 183 Å². The fourth-order valence-corrected chi connectivity index (χ4v) is 5.96. The van der Waals surface area contributed by atoms with Gasteiger partial charge in [-0.25, -0.2) is 23.2 Å². The first-order chi connectivity index (χ1) is 14.5. The van der Waals surface area contributed by atoms with E-state index in [9.17, 15) is 22.7 Å². The summed E-state index contributed by atoms with van der Waals surface area (Å²) in [5.41, 5.74) is -0.516. The van der Waals surface area contributed by atoms with Crippen LogP contribution in [0.15, 0.2) is 57.8 Å². The van der Waals surface area contributed by atoms with E-state index in [1.54, 1.807) is 18.2 Å². The van der Waals surface area contributed by atoms with Crippen molar-refractivity contribution in [3.8, 4) is 11.3 Å². The second-order valence-electron chi connectivity index (χ2n) is 7.97. The van der Waals surface area contributed by atoms with Crippen LogP contribution >= 0.6 is 11.3 Å². The minimum absolute atomic E-state index is 0.0296. The molecule has 2 aromatic heterocycles. The zero-order chi connectivity index (χ0) is 22.8. The molecule has 3 aromatic rings. The Bertz CT molecular complexity index is 1190. The van der Waals surface area contributed by atoms with Crippen molar-refractivity contribution in [2.45, 2.75) is 42.3 Å². The predicted molar refractivity (Wildman–Crippen MR) is 115 cm³/mol. The number of nitrogens with zero attached hydrogens (tertiary/aromatic N) is 2. The molecule has 0 fully saturated rings. The average molecular weight is 464 g/mol. The van der Waals surface area contributed by atoms with E-state index < -0.39 is 33.3 Å². The topological polar surface area (TPSA) is 109 Å². The first-order valence-electron chi connectivity index (χ1n) is 9.40. The van der Waals surface area contributed by atoms with Gasteiger partial charge in [0.1, 0.15) is 5.69 Å². The van der Waals surface area contributed by atoms with Crippen LogP contribution in [0.3, 0.4) is 0 Å². The minimum Gasteiger partial charge on any atom is -0.465 e. The van der Waals surface area contributed by atoms with Crippen molar-refractivity contribution < 1.29 is 22.7 Å². The third-order valence-corrected chi connectivity index (χ3v) is 8.03. The molecule has 0 saturated carbocycles. The highest BCUT2D eigenvalue weighted by atomic mass is 32.2. The van der Waals surface area contributed by atoms with Gasteiger partial charge in [-0.2, -0.15) is 4.39 Å². The highest BCUT2D eigenvalue weighted by molar-refractivity contribution is 7.93. The van der Waals surface area contributed by atoms with E-state index in [-0.39, 0.29) is 26.8 Å². The summed E-state index contributed by atoms with van der Waals surface area (Å²) in [6.45, 7) is 5.60. The molecule has 1 unspecified atom stereocenters. The smallest absolute Gasteiger partial charge is 0.404 e. The molecule has 0 radical (unpaired) electrons. The van der Waals surface area contributed by atoms with Crippen molar-refractivity contribution in [3.05, 3.63) is 59.6 Å². The van der Waals surface area contributed by atoms with Crippen LogP contribution < -0.4 is 5.32 Å². The number of pyridine rings is 1. The highest BCUT2D eigenvalue weighted by Gasteiger charge is 2.32. The summed E-state index contributed by atoms with van der Waals surface area (Å²) in [6.07, 6.45) is 0.232. The van der Waals surface area contributed by atoms with Crippen molar-refractivity contribution in [2.24, 2.45) is 5.41 Å². The molecule has 1 atom stereocenters. The first-order valence-corrected chi connectivity index (χ1v) is 11.7. The molecule has 7 nitrogen and oxygen atoms in total. The predicted octanol–water partition coefficient (Wildman–Crippen LogP) is 4.40. The van der Waals surface area contributed by atoms with E-state index in [0.717, 1.165) is 11.3 Å². The lowest BCUT2D eigenvalue weighted by molar-refractivity contribution is 0.174. The third-order valence-electron chi connectivity index (χ3n) is 4.67. The van der Waals surface area contributed by atoms with Gasteiger partial charge in [0, 0.05) is 18.7 Å². The van der Waals surface area contributed by atoms with E-state index >= 15 is 0 Å². The van der Waals surface area contributed by atoms with E-state index in [2.05, 4.69) is 15.3 Å². The van der Waals surface area contributed by atoms with Crippen LogP contribution in [-0.2, 0) is 16.3 Å². The monoisotopic (exact) mass is 463 g/mol. The fourth-order valence-electron chi connectivity index (χ4n) is 2.95. The van der Waals surface area contributed by atoms with E-state index in [0.29, 0.717) is 5.01 Å². The van der Waals surface area contributed by atoms with Gasteiger partial charge < -0.3 is 10.4 Å². The molecule has 10 heteroatoms. The summed E-state index contributed by atoms with van der Waals surface area (Å²) in [5, 5.41) is 12.0. The average Bonchev–Trinajstić information content (AvgIpc) is 3.12. The van der Waals surface area contributed by atoms with Gasteiger partial charge >= 0.3 is 6.09 Å². The molecule has 0 spiro atoms. The van der Waals surface area contributed by atoms with E-state index in [4.69, 9.17) is 0 Å². The number of carboxylic acid groups (broad SMARTS) is 1. The third kappa shape index (κ3) is 5.08. The Morgan fingerprint density at radius 2 is 1.87 bits per heavy atom. The Balaban J connectivity index is 2.15. The van der Waals surface area contributed by atoms with E-state index in [1.807, 2.05) is 20.8 Å². The molecule has 0 aliphatic carbocycles. The number of hydrogen-bond acceptors (Lipinski definition) is 6. The first kappa shape index (κ1) is 22.8. The molecule has 164 valence electrons. The summed E-state index contributed by atoms with van der Waals surface area (Å²) in [6, 6.07) is 10.2. The number of hydrogen-bond donors (Lipinski definition) is 2. The van der Waals surface area contributed by atoms with Gasteiger partial charge in [-0.05, 0) is 29.7 Å². The van der Waals surface area contributed by atoms with Crippen molar-refractivity contribution in [1.82, 2.24) is 15.3 Å². The number of sulfone groups is 1. The number of amides is 1. The lowest BCUT2D eigenvalue weighted by Crippen LogP contribution is -2.44. The maximum atomic E-state index is 14.4. The van der Waals surface area contributed by atoms with Gasteiger partial charge in [0.05, 0.1) is 15.5 Å². The molecule has 31 heavy (non-hydrogen) atoms. The number of aromatic nitrogens is 2. The van der Waals surface area contributed by atoms with Crippen LogP contribution in [0.5, 0.6) is 0 Å². The van der Waals surface area contributed by atoms with Crippen molar-refractivity contribution >= 4 is 27.3 Å². The highest BCUT2D eigenvalue weighted by Crippen LogP contribution is 2.37. The van der Waals surface area contributed by atoms with Gasteiger partial charge in [0.15, 0.2) is 4.21 Å². The second kappa shape index (κ2) is 8.72. The molecule has 0 aliphatic rings. The molecule has 3 rings (SSSR count). The number of benzene rings is 1. The van der Waals surface area contributed by atoms with Crippen LogP contribution in [0.2, 0.25) is 0 Å². The van der Waals surface area contributed by atoms with Crippen LogP contribution in [0.4, 0.5) is 9.18 Å². The zero-order valence-electron chi connectivity index (χ0n) is 17.2. The molecule has 1 aromatic carbocycles. The molecule has 2 N–H and O–H groups in total. The summed E-state index contributed by atoms with van der Waals surface area (Å²) < 4.78 is 41.0. The van der Waals surface area contributed by atoms with E-state index in [1.165, 1.54) is 30.5 Å². The Morgan fingerprint density at radius 1 is 1.19 bits per heavy atom. The Kier molecular flexibility index (Phi) is 6.42. The lowest BCUT2D eigenvalue weighted by Gasteiger charge is -2.29. The van der Waals surface area contributed by atoms with Gasteiger partial charge in [-0.3, -0.25) is 0 Å². The largest absolute Gasteiger partial charge is 0.465 e. The number of rotatable bonds is 6. The van der Waals surface area contributed by atoms with Crippen LogP contribution in [0.1, 0.15) is 25.8 Å². The summed E-state index contributed by atoms with van der Waals surface area (Å²) in [5.74, 6) is -0.833. The quantitative estimate of drug-likeness (QED) is 0.525. The molecule has 0 aliphatic heterocycles. The molecule has 1 amide bonds. The van der Waals surface area contributed by atoms with Gasteiger partial charge in [-0.15, -0.1) is 11.3 Å². The fraction of sp³-hybridized carbons (Fsp3) is 0.286. The Morgan fingerprint density at radius 3 is 2.45 bits per heavy atom. The van der Waals surface area contributed by atoms with Crippen molar-refractivity contribution in [1.29, 1.82) is 0 Å². The second-order valence-corrected chi connectivity index (χ2v) is 11.2. The zero-order valence-corrected chi connectivity index (χ0v) is 18.8. The number of halogens is 1. The number of nitrogens with one attached hydrogen (secondary N) is 1. The van der Waals surface area contributed by atoms with Gasteiger partial charge in [-0.1, -0.05) is 39.0 Å². The lowest BCUT2D eigenvalue weighted by atomic mass is 9.85. The summed E-state index contributed by atoms with van der Waals surface area (Å²) >= 11 is 0.910.